The van der Waals surface area contributed by atoms with Crippen LogP contribution in [0.25, 0.3) is 0 Å². The molecular formula is C8H15N2. The first-order valence-electron chi connectivity index (χ1n) is 3.54. The zero-order valence-corrected chi connectivity index (χ0v) is 7.13. The maximum atomic E-state index is 2.19. The van der Waals surface area contributed by atoms with Crippen LogP contribution in [0.3, 0.4) is 0 Å². The molecule has 0 aromatic heterocycles. The second-order valence-corrected chi connectivity index (χ2v) is 3.66. The minimum atomic E-state index is 0.210. The monoisotopic (exact) mass is 139 g/mol. The minimum Gasteiger partial charge on any atom is -0.356 e. The first kappa shape index (κ1) is 7.45. The van der Waals surface area contributed by atoms with Gasteiger partial charge in [0, 0.05) is 25.0 Å². The Morgan fingerprint density at radius 3 is 1.90 bits per heavy atom. The molecule has 2 nitrogen and oxygen atoms in total. The lowest BCUT2D eigenvalue weighted by atomic mass is 10.1. The number of nitrogens with zero attached hydrogens (tertiary/aromatic N) is 2. The van der Waals surface area contributed by atoms with Gasteiger partial charge in [0.25, 0.3) is 0 Å². The van der Waals surface area contributed by atoms with E-state index in [0.717, 1.165) is 0 Å². The Labute approximate surface area is 63.1 Å². The van der Waals surface area contributed by atoms with Crippen LogP contribution in [-0.4, -0.2) is 22.4 Å². The van der Waals surface area contributed by atoms with Gasteiger partial charge in [-0.1, -0.05) is 0 Å². The Bertz CT molecular complexity index is 144. The molecule has 0 spiro atoms. The first-order valence-corrected chi connectivity index (χ1v) is 3.54. The maximum Gasteiger partial charge on any atom is 0.141 e. The SMILES string of the molecule is CN1[CH]N(C(C)(C)C)C=C1. The summed E-state index contributed by atoms with van der Waals surface area (Å²) in [6.07, 6.45) is 4.13. The van der Waals surface area contributed by atoms with Gasteiger partial charge in [-0.05, 0) is 20.8 Å². The summed E-state index contributed by atoms with van der Waals surface area (Å²) in [7, 11) is 2.03. The van der Waals surface area contributed by atoms with Crippen molar-refractivity contribution in [3.63, 3.8) is 0 Å². The highest BCUT2D eigenvalue weighted by atomic mass is 15.4. The lowest BCUT2D eigenvalue weighted by Gasteiger charge is -2.31. The number of hydrogen-bond acceptors (Lipinski definition) is 2. The molecule has 57 valence electrons. The van der Waals surface area contributed by atoms with Gasteiger partial charge in [-0.2, -0.15) is 0 Å². The molecule has 0 N–H and O–H groups in total. The second kappa shape index (κ2) is 2.19. The summed E-state index contributed by atoms with van der Waals surface area (Å²) in [6.45, 7) is 8.65. The lowest BCUT2D eigenvalue weighted by molar-refractivity contribution is 0.227. The fraction of sp³-hybridized carbons (Fsp3) is 0.625. The Hall–Kier alpha value is -0.660. The molecule has 10 heavy (non-hydrogen) atoms. The highest BCUT2D eigenvalue weighted by Crippen LogP contribution is 2.20. The predicted molar refractivity (Wildman–Crippen MR) is 42.8 cm³/mol. The van der Waals surface area contributed by atoms with Gasteiger partial charge < -0.3 is 9.80 Å². The van der Waals surface area contributed by atoms with E-state index in [-0.39, 0.29) is 5.54 Å². The van der Waals surface area contributed by atoms with Gasteiger partial charge >= 0.3 is 0 Å². The molecule has 0 fully saturated rings. The molecule has 1 heterocycles. The number of rotatable bonds is 0. The van der Waals surface area contributed by atoms with E-state index in [2.05, 4.69) is 38.5 Å². The molecule has 0 saturated heterocycles. The molecule has 0 aliphatic carbocycles. The van der Waals surface area contributed by atoms with Gasteiger partial charge in [0.2, 0.25) is 0 Å². The van der Waals surface area contributed by atoms with E-state index < -0.39 is 0 Å². The smallest absolute Gasteiger partial charge is 0.141 e. The predicted octanol–water partition coefficient (Wildman–Crippen LogP) is 1.62. The van der Waals surface area contributed by atoms with Gasteiger partial charge in [0.15, 0.2) is 0 Å². The first-order chi connectivity index (χ1) is 4.50. The van der Waals surface area contributed by atoms with Crippen LogP contribution in [0.2, 0.25) is 0 Å². The topological polar surface area (TPSA) is 6.48 Å². The minimum absolute atomic E-state index is 0.210. The van der Waals surface area contributed by atoms with E-state index in [9.17, 15) is 0 Å². The third-order valence-electron chi connectivity index (χ3n) is 1.54. The molecule has 1 rings (SSSR count). The van der Waals surface area contributed by atoms with Crippen molar-refractivity contribution in [2.45, 2.75) is 26.3 Å². The summed E-state index contributed by atoms with van der Waals surface area (Å²) in [5, 5.41) is 0. The van der Waals surface area contributed by atoms with Crippen LogP contribution in [0.1, 0.15) is 20.8 Å². The van der Waals surface area contributed by atoms with Crippen LogP contribution in [0.4, 0.5) is 0 Å². The van der Waals surface area contributed by atoms with E-state index in [0.29, 0.717) is 0 Å². The van der Waals surface area contributed by atoms with E-state index in [1.807, 2.05) is 18.1 Å². The molecule has 1 aliphatic rings. The zero-order chi connectivity index (χ0) is 7.78. The van der Waals surface area contributed by atoms with Crippen molar-refractivity contribution in [1.29, 1.82) is 0 Å². The van der Waals surface area contributed by atoms with Crippen LogP contribution in [-0.2, 0) is 0 Å². The molecule has 0 aromatic rings. The molecule has 0 saturated carbocycles. The average Bonchev–Trinajstić information content (AvgIpc) is 2.11. The van der Waals surface area contributed by atoms with Crippen molar-refractivity contribution < 1.29 is 0 Å². The molecule has 2 heteroatoms. The second-order valence-electron chi connectivity index (χ2n) is 3.66. The summed E-state index contributed by atoms with van der Waals surface area (Å²) in [4.78, 5) is 4.23. The normalized spacial score (nSPS) is 18.8. The summed E-state index contributed by atoms with van der Waals surface area (Å²) in [5.74, 6) is 0. The van der Waals surface area contributed by atoms with Crippen molar-refractivity contribution in [2.75, 3.05) is 7.05 Å². The molecule has 0 atom stereocenters. The Balaban J connectivity index is 2.55. The standard InChI is InChI=1S/C8H15N2/c1-8(2,3)10-6-5-9(4)7-10/h5-7H,1-4H3. The van der Waals surface area contributed by atoms with E-state index in [1.165, 1.54) is 0 Å². The fourth-order valence-corrected chi connectivity index (χ4v) is 0.847. The largest absolute Gasteiger partial charge is 0.356 e. The zero-order valence-electron chi connectivity index (χ0n) is 7.13. The third-order valence-corrected chi connectivity index (χ3v) is 1.54. The molecule has 0 unspecified atom stereocenters. The van der Waals surface area contributed by atoms with Gasteiger partial charge in [0.1, 0.15) is 6.67 Å². The van der Waals surface area contributed by atoms with Crippen LogP contribution >= 0.6 is 0 Å². The van der Waals surface area contributed by atoms with Crippen LogP contribution in [0.5, 0.6) is 0 Å². The van der Waals surface area contributed by atoms with Crippen LogP contribution in [0.15, 0.2) is 12.4 Å². The maximum absolute atomic E-state index is 2.19. The molecule has 0 bridgehead atoms. The lowest BCUT2D eigenvalue weighted by Crippen LogP contribution is -2.35. The van der Waals surface area contributed by atoms with Crippen molar-refractivity contribution in [3.8, 4) is 0 Å². The van der Waals surface area contributed by atoms with Crippen LogP contribution < -0.4 is 0 Å². The Kier molecular flexibility index (Phi) is 1.63. The average molecular weight is 139 g/mol. The van der Waals surface area contributed by atoms with Gasteiger partial charge in [-0.3, -0.25) is 0 Å². The van der Waals surface area contributed by atoms with Crippen LogP contribution in [0, 0.1) is 6.67 Å². The summed E-state index contributed by atoms with van der Waals surface area (Å²) < 4.78 is 0. The van der Waals surface area contributed by atoms with Crippen molar-refractivity contribution in [3.05, 3.63) is 19.1 Å². The summed E-state index contributed by atoms with van der Waals surface area (Å²) in [5.41, 5.74) is 0.210. The Morgan fingerprint density at radius 1 is 1.10 bits per heavy atom. The van der Waals surface area contributed by atoms with Crippen molar-refractivity contribution >= 4 is 0 Å². The quantitative estimate of drug-likeness (QED) is 0.503. The molecule has 0 amide bonds. The summed E-state index contributed by atoms with van der Waals surface area (Å²) in [6, 6.07) is 0. The molecular weight excluding hydrogens is 124 g/mol. The van der Waals surface area contributed by atoms with E-state index in [1.54, 1.807) is 0 Å². The van der Waals surface area contributed by atoms with E-state index in [4.69, 9.17) is 0 Å². The summed E-state index contributed by atoms with van der Waals surface area (Å²) >= 11 is 0. The molecule has 1 radical (unpaired) electrons. The van der Waals surface area contributed by atoms with Gasteiger partial charge in [0.05, 0.1) is 0 Å². The Morgan fingerprint density at radius 2 is 1.70 bits per heavy atom. The molecule has 1 aliphatic heterocycles. The van der Waals surface area contributed by atoms with E-state index >= 15 is 0 Å². The highest BCUT2D eigenvalue weighted by Gasteiger charge is 2.21. The molecule has 0 aromatic carbocycles. The highest BCUT2D eigenvalue weighted by molar-refractivity contribution is 5.00. The van der Waals surface area contributed by atoms with Crippen molar-refractivity contribution in [1.82, 2.24) is 9.80 Å². The van der Waals surface area contributed by atoms with Crippen molar-refractivity contribution in [2.24, 2.45) is 0 Å². The fourth-order valence-electron chi connectivity index (χ4n) is 0.847. The van der Waals surface area contributed by atoms with Gasteiger partial charge in [-0.15, -0.1) is 0 Å². The number of hydrogen-bond donors (Lipinski definition) is 0. The van der Waals surface area contributed by atoms with Gasteiger partial charge in [-0.25, -0.2) is 0 Å². The third kappa shape index (κ3) is 1.43.